The molecule has 0 aliphatic heterocycles. The number of carbonyl (C=O) groups is 1. The lowest BCUT2D eigenvalue weighted by atomic mass is 10.0. The molecule has 0 unspecified atom stereocenters. The normalized spacial score (nSPS) is 12.3. The number of nitrogens with one attached hydrogen (secondary N) is 1. The monoisotopic (exact) mass is 313 g/mol. The van der Waals surface area contributed by atoms with Gasteiger partial charge in [0.15, 0.2) is 0 Å². The number of rotatable bonds is 5. The minimum atomic E-state index is -0.745. The van der Waals surface area contributed by atoms with E-state index in [0.29, 0.717) is 17.7 Å². The van der Waals surface area contributed by atoms with Crippen molar-refractivity contribution in [2.45, 2.75) is 52.4 Å². The van der Waals surface area contributed by atoms with Crippen LogP contribution in [0, 0.1) is 0 Å². The summed E-state index contributed by atoms with van der Waals surface area (Å²) in [5.74, 6) is -0.697. The van der Waals surface area contributed by atoms with Gasteiger partial charge in [-0.05, 0) is 38.5 Å². The Kier molecular flexibility index (Phi) is 8.70. The van der Waals surface area contributed by atoms with E-state index >= 15 is 0 Å². The fourth-order valence-corrected chi connectivity index (χ4v) is 1.46. The van der Waals surface area contributed by atoms with Crippen molar-refractivity contribution in [3.63, 3.8) is 0 Å². The standard InChI is InChI=1S/C13H21NO3.C3H6O2/c1-13(2,3)14-7-12(17)9-4-5-11(16)10(6-9)8-15;1-2-3(4)5/h4-6,12,14-17H,7-8H2,1-3H3;2H2,1H3,(H,4,5)/t12-;/m0./s1. The molecule has 5 N–H and O–H groups in total. The number of carboxylic acids is 1. The van der Waals surface area contributed by atoms with Gasteiger partial charge >= 0.3 is 5.97 Å². The maximum absolute atomic E-state index is 9.97. The smallest absolute Gasteiger partial charge is 0.303 e. The van der Waals surface area contributed by atoms with Crippen molar-refractivity contribution in [3.05, 3.63) is 29.3 Å². The summed E-state index contributed by atoms with van der Waals surface area (Å²) in [7, 11) is 0. The molecule has 1 atom stereocenters. The summed E-state index contributed by atoms with van der Waals surface area (Å²) in [4.78, 5) is 9.37. The first-order chi connectivity index (χ1) is 10.1. The van der Waals surface area contributed by atoms with E-state index in [4.69, 9.17) is 10.2 Å². The third-order valence-electron chi connectivity index (χ3n) is 2.79. The van der Waals surface area contributed by atoms with Crippen LogP contribution >= 0.6 is 0 Å². The van der Waals surface area contributed by atoms with Gasteiger partial charge in [-0.25, -0.2) is 0 Å². The first-order valence-electron chi connectivity index (χ1n) is 7.18. The minimum absolute atomic E-state index is 0.0484. The summed E-state index contributed by atoms with van der Waals surface area (Å²) in [5, 5.41) is 39.3. The van der Waals surface area contributed by atoms with Crippen molar-refractivity contribution in [2.75, 3.05) is 6.54 Å². The van der Waals surface area contributed by atoms with Gasteiger partial charge in [-0.2, -0.15) is 0 Å². The van der Waals surface area contributed by atoms with Gasteiger partial charge in [0, 0.05) is 24.1 Å². The zero-order valence-corrected chi connectivity index (χ0v) is 13.6. The van der Waals surface area contributed by atoms with Crippen LogP contribution in [0.5, 0.6) is 5.75 Å². The van der Waals surface area contributed by atoms with Gasteiger partial charge in [0.2, 0.25) is 0 Å². The highest BCUT2D eigenvalue weighted by atomic mass is 16.4. The molecular weight excluding hydrogens is 286 g/mol. The molecule has 0 amide bonds. The first kappa shape index (κ1) is 20.4. The number of aliphatic hydroxyl groups excluding tert-OH is 2. The number of aliphatic carboxylic acids is 1. The second kappa shape index (κ2) is 9.40. The summed E-state index contributed by atoms with van der Waals surface area (Å²) in [6, 6.07) is 4.76. The maximum atomic E-state index is 9.97. The molecule has 1 aromatic carbocycles. The number of phenols is 1. The Balaban J connectivity index is 0.000000763. The Morgan fingerprint density at radius 1 is 1.32 bits per heavy atom. The third kappa shape index (κ3) is 8.61. The van der Waals surface area contributed by atoms with E-state index in [1.54, 1.807) is 19.1 Å². The number of aliphatic hydroxyl groups is 2. The minimum Gasteiger partial charge on any atom is -0.508 e. The highest BCUT2D eigenvalue weighted by Crippen LogP contribution is 2.22. The third-order valence-corrected chi connectivity index (χ3v) is 2.79. The summed E-state index contributed by atoms with van der Waals surface area (Å²) < 4.78 is 0. The second-order valence-electron chi connectivity index (χ2n) is 5.94. The molecule has 0 heterocycles. The molecule has 1 rings (SSSR count). The number of aromatic hydroxyl groups is 1. The zero-order valence-electron chi connectivity index (χ0n) is 13.6. The van der Waals surface area contributed by atoms with E-state index in [1.807, 2.05) is 20.8 Å². The van der Waals surface area contributed by atoms with E-state index in [2.05, 4.69) is 5.32 Å². The lowest BCUT2D eigenvalue weighted by Gasteiger charge is -2.23. The summed E-state index contributed by atoms with van der Waals surface area (Å²) >= 11 is 0. The lowest BCUT2D eigenvalue weighted by Crippen LogP contribution is -2.38. The van der Waals surface area contributed by atoms with Gasteiger partial charge in [-0.1, -0.05) is 13.0 Å². The van der Waals surface area contributed by atoms with E-state index < -0.39 is 12.1 Å². The Morgan fingerprint density at radius 3 is 2.27 bits per heavy atom. The second-order valence-corrected chi connectivity index (χ2v) is 5.94. The van der Waals surface area contributed by atoms with Gasteiger partial charge in [0.25, 0.3) is 0 Å². The van der Waals surface area contributed by atoms with E-state index in [1.165, 1.54) is 6.07 Å². The SMILES string of the molecule is CC(C)(C)NC[C@H](O)c1ccc(O)c(CO)c1.CCC(=O)O. The number of β-amino-alcohol motifs (C(OH)–C–C–N with tert-alkyl or cyclic N) is 1. The molecule has 0 aliphatic rings. The molecule has 22 heavy (non-hydrogen) atoms. The van der Waals surface area contributed by atoms with Crippen molar-refractivity contribution < 1.29 is 25.2 Å². The van der Waals surface area contributed by atoms with Gasteiger partial charge in [0.05, 0.1) is 12.7 Å². The van der Waals surface area contributed by atoms with E-state index in [-0.39, 0.29) is 24.3 Å². The molecule has 0 aliphatic carbocycles. The molecule has 1 aromatic rings. The maximum Gasteiger partial charge on any atom is 0.303 e. The largest absolute Gasteiger partial charge is 0.508 e. The molecule has 6 heteroatoms. The molecule has 0 saturated carbocycles. The van der Waals surface area contributed by atoms with Gasteiger partial charge in [0.1, 0.15) is 5.75 Å². The van der Waals surface area contributed by atoms with E-state index in [9.17, 15) is 15.0 Å². The fourth-order valence-electron chi connectivity index (χ4n) is 1.46. The van der Waals surface area contributed by atoms with Gasteiger partial charge < -0.3 is 25.7 Å². The molecular formula is C16H27NO5. The Hall–Kier alpha value is -1.63. The molecule has 0 radical (unpaired) electrons. The highest BCUT2D eigenvalue weighted by molar-refractivity contribution is 5.66. The molecule has 0 bridgehead atoms. The van der Waals surface area contributed by atoms with Gasteiger partial charge in [-0.15, -0.1) is 0 Å². The van der Waals surface area contributed by atoms with Crippen molar-refractivity contribution in [1.29, 1.82) is 0 Å². The summed E-state index contributed by atoms with van der Waals surface area (Å²) in [6.07, 6.45) is -0.430. The number of carboxylic acid groups (broad SMARTS) is 1. The van der Waals surface area contributed by atoms with Crippen molar-refractivity contribution in [3.8, 4) is 5.75 Å². The van der Waals surface area contributed by atoms with Crippen molar-refractivity contribution >= 4 is 5.97 Å². The van der Waals surface area contributed by atoms with Crippen LogP contribution in [0.25, 0.3) is 0 Å². The zero-order chi connectivity index (χ0) is 17.3. The molecule has 6 nitrogen and oxygen atoms in total. The number of hydrogen-bond acceptors (Lipinski definition) is 5. The van der Waals surface area contributed by atoms with Crippen LogP contribution in [0.3, 0.4) is 0 Å². The van der Waals surface area contributed by atoms with Crippen LogP contribution in [0.1, 0.15) is 51.3 Å². The molecule has 0 spiro atoms. The van der Waals surface area contributed by atoms with Gasteiger partial charge in [-0.3, -0.25) is 4.79 Å². The number of hydrogen-bond donors (Lipinski definition) is 5. The Bertz CT molecular complexity index is 468. The number of benzene rings is 1. The van der Waals surface area contributed by atoms with Crippen LogP contribution in [0.4, 0.5) is 0 Å². The fraction of sp³-hybridized carbons (Fsp3) is 0.562. The molecule has 0 fully saturated rings. The highest BCUT2D eigenvalue weighted by Gasteiger charge is 2.14. The Morgan fingerprint density at radius 2 is 1.86 bits per heavy atom. The Labute approximate surface area is 131 Å². The summed E-state index contributed by atoms with van der Waals surface area (Å²) in [6.45, 7) is 7.86. The van der Waals surface area contributed by atoms with Crippen LogP contribution < -0.4 is 5.32 Å². The average Bonchev–Trinajstić information content (AvgIpc) is 2.45. The van der Waals surface area contributed by atoms with Crippen molar-refractivity contribution in [2.24, 2.45) is 0 Å². The predicted molar refractivity (Wildman–Crippen MR) is 84.7 cm³/mol. The van der Waals surface area contributed by atoms with Crippen LogP contribution in [0.15, 0.2) is 18.2 Å². The molecule has 0 aromatic heterocycles. The van der Waals surface area contributed by atoms with Crippen molar-refractivity contribution in [1.82, 2.24) is 5.32 Å². The van der Waals surface area contributed by atoms with Crippen LogP contribution in [0.2, 0.25) is 0 Å². The van der Waals surface area contributed by atoms with Crippen LogP contribution in [-0.4, -0.2) is 38.5 Å². The summed E-state index contributed by atoms with van der Waals surface area (Å²) in [5.41, 5.74) is 1.05. The quantitative estimate of drug-likeness (QED) is 0.567. The van der Waals surface area contributed by atoms with Crippen LogP contribution in [-0.2, 0) is 11.4 Å². The van der Waals surface area contributed by atoms with E-state index in [0.717, 1.165) is 0 Å². The molecule has 126 valence electrons. The molecule has 0 saturated heterocycles. The predicted octanol–water partition coefficient (Wildman–Crippen LogP) is 1.79. The lowest BCUT2D eigenvalue weighted by molar-refractivity contribution is -0.136. The topological polar surface area (TPSA) is 110 Å². The average molecular weight is 313 g/mol. The first-order valence-corrected chi connectivity index (χ1v) is 7.18.